The van der Waals surface area contributed by atoms with Crippen LogP contribution in [0.3, 0.4) is 0 Å². The molecule has 12 N–H and O–H groups in total. The number of carboxylic acid groups (broad SMARTS) is 1. The van der Waals surface area contributed by atoms with Crippen molar-refractivity contribution in [3.63, 3.8) is 0 Å². The molecule has 1 aromatic heterocycles. The Bertz CT molecular complexity index is 1060. The number of carbonyl (C=O) groups is 3. The molecule has 0 saturated carbocycles. The second-order valence-corrected chi connectivity index (χ2v) is 7.49. The molecule has 2 heterocycles. The summed E-state index contributed by atoms with van der Waals surface area (Å²) in [7, 11) is 0. The molecule has 1 aliphatic rings. The monoisotopic (exact) mass is 507 g/mol. The molecule has 196 valence electrons. The topological polar surface area (TPSA) is 310 Å². The molecule has 18 heteroatoms. The van der Waals surface area contributed by atoms with Crippen LogP contribution in [0.25, 0.3) is 0 Å². The Labute approximate surface area is 194 Å². The van der Waals surface area contributed by atoms with E-state index in [1.54, 1.807) is 0 Å². The first-order valence-corrected chi connectivity index (χ1v) is 9.84. The van der Waals surface area contributed by atoms with Crippen LogP contribution < -0.4 is 28.0 Å². The molecule has 1 aliphatic heterocycles. The van der Waals surface area contributed by atoms with Crippen LogP contribution in [0.5, 0.6) is 0 Å². The average Bonchev–Trinajstić information content (AvgIpc) is 3.08. The Morgan fingerprint density at radius 2 is 1.86 bits per heavy atom. The van der Waals surface area contributed by atoms with E-state index in [2.05, 4.69) is 4.74 Å². The fourth-order valence-electron chi connectivity index (χ4n) is 3.21. The van der Waals surface area contributed by atoms with Gasteiger partial charge in [0.2, 0.25) is 5.91 Å². The van der Waals surface area contributed by atoms with E-state index in [4.69, 9.17) is 16.2 Å². The van der Waals surface area contributed by atoms with Gasteiger partial charge in [-0.05, 0) is 0 Å². The van der Waals surface area contributed by atoms with Crippen LogP contribution in [0.15, 0.2) is 15.8 Å². The maximum atomic E-state index is 12.4. The summed E-state index contributed by atoms with van der Waals surface area (Å²) in [6.45, 7) is -1.63. The minimum atomic E-state index is -2.09. The fraction of sp³-hybridized carbons (Fsp3) is 0.588. The number of aromatic amines is 1. The zero-order chi connectivity index (χ0) is 26.6. The van der Waals surface area contributed by atoms with Crippen molar-refractivity contribution in [1.29, 1.82) is 0 Å². The number of nitrogens with two attached hydrogens (primary N) is 2. The number of primary amides is 1. The zero-order valence-electron chi connectivity index (χ0n) is 17.8. The van der Waals surface area contributed by atoms with E-state index in [0.717, 1.165) is 6.20 Å². The summed E-state index contributed by atoms with van der Waals surface area (Å²) in [5.41, 5.74) is 7.89. The van der Waals surface area contributed by atoms with Crippen LogP contribution in [-0.2, 0) is 25.7 Å². The molecule has 1 unspecified atom stereocenters. The highest BCUT2D eigenvalue weighted by Crippen LogP contribution is 2.30. The van der Waals surface area contributed by atoms with E-state index in [9.17, 15) is 54.6 Å². The quantitative estimate of drug-likeness (QED) is 0.141. The van der Waals surface area contributed by atoms with Crippen molar-refractivity contribution in [2.24, 2.45) is 11.5 Å². The van der Waals surface area contributed by atoms with Gasteiger partial charge in [-0.3, -0.25) is 19.1 Å². The predicted molar refractivity (Wildman–Crippen MR) is 108 cm³/mol. The van der Waals surface area contributed by atoms with Crippen LogP contribution in [0.2, 0.25) is 0 Å². The molecule has 0 aliphatic carbocycles. The lowest BCUT2D eigenvalue weighted by Gasteiger charge is -2.27. The molecule has 8 atom stereocenters. The van der Waals surface area contributed by atoms with Crippen LogP contribution in [-0.4, -0.2) is 107 Å². The van der Waals surface area contributed by atoms with Gasteiger partial charge in [0.05, 0.1) is 12.2 Å². The fourth-order valence-corrected chi connectivity index (χ4v) is 3.21. The number of carboxylic acids is 1. The number of ether oxygens (including phenoxy) is 2. The Morgan fingerprint density at radius 1 is 1.23 bits per heavy atom. The summed E-state index contributed by atoms with van der Waals surface area (Å²) in [5, 5.41) is 61.0. The van der Waals surface area contributed by atoms with Crippen molar-refractivity contribution in [3.05, 3.63) is 32.6 Å². The first-order chi connectivity index (χ1) is 16.3. The summed E-state index contributed by atoms with van der Waals surface area (Å²) in [6, 6.07) is -4.05. The third-order valence-electron chi connectivity index (χ3n) is 5.11. The standard InChI is InChI=1S/C17H25N5O13/c18-6(8(25)5(24)3-34-16(19)32)13(29)20-7(15(30)31)11-9(26)10(27)14(35-11)22-1-4(2-23)12(28)21-17(22)33/h1,5-11,14,23-27H,2-3,18H2,(H2,19,32)(H,20,29)(H,30,31)(H,21,28,33)/t5-,6-,7-,8+,9-,10+,11+,14?/m0/s1. The molecular formula is C17H25N5O13. The summed E-state index contributed by atoms with van der Waals surface area (Å²) >= 11 is 0. The second kappa shape index (κ2) is 11.4. The molecular weight excluding hydrogens is 482 g/mol. The first-order valence-electron chi connectivity index (χ1n) is 9.84. The summed E-state index contributed by atoms with van der Waals surface area (Å²) in [6.07, 6.45) is -11.9. The minimum Gasteiger partial charge on any atom is -0.480 e. The van der Waals surface area contributed by atoms with Crippen LogP contribution in [0, 0.1) is 0 Å². The van der Waals surface area contributed by atoms with E-state index in [-0.39, 0.29) is 5.56 Å². The first kappa shape index (κ1) is 27.9. The van der Waals surface area contributed by atoms with Gasteiger partial charge in [0.25, 0.3) is 5.56 Å². The third kappa shape index (κ3) is 6.19. The Kier molecular flexibility index (Phi) is 9.04. The van der Waals surface area contributed by atoms with Crippen molar-refractivity contribution >= 4 is 18.0 Å². The van der Waals surface area contributed by atoms with Gasteiger partial charge in [0.15, 0.2) is 12.3 Å². The van der Waals surface area contributed by atoms with Gasteiger partial charge in [-0.2, -0.15) is 0 Å². The van der Waals surface area contributed by atoms with Gasteiger partial charge < -0.3 is 56.9 Å². The molecule has 0 radical (unpaired) electrons. The van der Waals surface area contributed by atoms with Crippen LogP contribution in [0.4, 0.5) is 4.79 Å². The summed E-state index contributed by atoms with van der Waals surface area (Å²) in [5.74, 6) is -3.13. The zero-order valence-corrected chi connectivity index (χ0v) is 17.8. The largest absolute Gasteiger partial charge is 0.480 e. The number of aromatic nitrogens is 2. The molecule has 0 aromatic carbocycles. The van der Waals surface area contributed by atoms with Crippen LogP contribution in [0.1, 0.15) is 11.8 Å². The van der Waals surface area contributed by atoms with Gasteiger partial charge in [-0.1, -0.05) is 0 Å². The average molecular weight is 507 g/mol. The Hall–Kier alpha value is -3.39. The smallest absolute Gasteiger partial charge is 0.404 e. The van der Waals surface area contributed by atoms with Gasteiger partial charge >= 0.3 is 17.8 Å². The third-order valence-corrected chi connectivity index (χ3v) is 5.11. The highest BCUT2D eigenvalue weighted by molar-refractivity contribution is 5.87. The number of nitrogens with one attached hydrogen (secondary N) is 2. The molecule has 18 nitrogen and oxygen atoms in total. The SMILES string of the molecule is NC(=O)OC[C@H](O)[C@@H](O)[C@H](N)C(=O)N[C@H](C(=O)O)[C@H]1OC(n2cc(CO)c(=O)[nH]c2=O)[C@H](O)[C@@H]1O. The molecule has 1 fully saturated rings. The lowest BCUT2D eigenvalue weighted by Crippen LogP contribution is -2.60. The van der Waals surface area contributed by atoms with Crippen molar-refractivity contribution in [1.82, 2.24) is 14.9 Å². The van der Waals surface area contributed by atoms with E-state index in [1.165, 1.54) is 0 Å². The van der Waals surface area contributed by atoms with E-state index < -0.39 is 91.3 Å². The Balaban J connectivity index is 2.22. The number of aliphatic hydroxyl groups excluding tert-OH is 5. The number of carbonyl (C=O) groups excluding carboxylic acids is 2. The van der Waals surface area contributed by atoms with Gasteiger partial charge in [0, 0.05) is 6.20 Å². The molecule has 35 heavy (non-hydrogen) atoms. The number of nitrogens with zero attached hydrogens (tertiary/aromatic N) is 1. The van der Waals surface area contributed by atoms with Crippen molar-refractivity contribution < 1.29 is 54.5 Å². The van der Waals surface area contributed by atoms with Crippen LogP contribution >= 0.6 is 0 Å². The molecule has 1 aromatic rings. The summed E-state index contributed by atoms with van der Waals surface area (Å²) < 4.78 is 10.2. The minimum absolute atomic E-state index is 0.305. The van der Waals surface area contributed by atoms with Crippen molar-refractivity contribution in [2.75, 3.05) is 6.61 Å². The second-order valence-electron chi connectivity index (χ2n) is 7.49. The number of hydrogen-bond donors (Lipinski definition) is 10. The molecule has 2 rings (SSSR count). The highest BCUT2D eigenvalue weighted by Gasteiger charge is 2.50. The molecule has 1 saturated heterocycles. The lowest BCUT2D eigenvalue weighted by atomic mass is 10.0. The summed E-state index contributed by atoms with van der Waals surface area (Å²) in [4.78, 5) is 60.3. The number of aliphatic hydroxyl groups is 5. The lowest BCUT2D eigenvalue weighted by molar-refractivity contribution is -0.150. The number of H-pyrrole nitrogens is 1. The van der Waals surface area contributed by atoms with Crippen molar-refractivity contribution in [3.8, 4) is 0 Å². The number of aliphatic carboxylic acids is 1. The predicted octanol–water partition coefficient (Wildman–Crippen LogP) is -6.64. The molecule has 2 amide bonds. The Morgan fingerprint density at radius 3 is 2.40 bits per heavy atom. The van der Waals surface area contributed by atoms with Gasteiger partial charge in [-0.25, -0.2) is 14.4 Å². The number of hydrogen-bond acceptors (Lipinski definition) is 13. The number of amides is 2. The number of rotatable bonds is 10. The molecule has 0 bridgehead atoms. The normalized spacial score (nSPS) is 25.3. The highest BCUT2D eigenvalue weighted by atomic mass is 16.6. The maximum absolute atomic E-state index is 12.4. The van der Waals surface area contributed by atoms with E-state index >= 15 is 0 Å². The van der Waals surface area contributed by atoms with E-state index in [1.807, 2.05) is 10.3 Å². The van der Waals surface area contributed by atoms with Crippen molar-refractivity contribution in [2.45, 2.75) is 55.4 Å². The van der Waals surface area contributed by atoms with Gasteiger partial charge in [0.1, 0.15) is 43.2 Å². The maximum Gasteiger partial charge on any atom is 0.404 e. The van der Waals surface area contributed by atoms with E-state index in [0.29, 0.717) is 4.57 Å². The molecule has 0 spiro atoms. The van der Waals surface area contributed by atoms with Gasteiger partial charge in [-0.15, -0.1) is 0 Å².